The van der Waals surface area contributed by atoms with Crippen LogP contribution in [0.2, 0.25) is 0 Å². The molecule has 0 spiro atoms. The summed E-state index contributed by atoms with van der Waals surface area (Å²) >= 11 is 0. The Morgan fingerprint density at radius 1 is 1.20 bits per heavy atom. The van der Waals surface area contributed by atoms with Crippen molar-refractivity contribution in [1.29, 1.82) is 0 Å². The summed E-state index contributed by atoms with van der Waals surface area (Å²) in [7, 11) is 1.49. The van der Waals surface area contributed by atoms with Crippen LogP contribution in [0.15, 0.2) is 42.5 Å². The summed E-state index contributed by atoms with van der Waals surface area (Å²) in [5.74, 6) is 0.107. The van der Waals surface area contributed by atoms with Gasteiger partial charge >= 0.3 is 0 Å². The van der Waals surface area contributed by atoms with Gasteiger partial charge in [0.15, 0.2) is 0 Å². The quantitative estimate of drug-likeness (QED) is 0.796. The molecule has 0 aliphatic heterocycles. The summed E-state index contributed by atoms with van der Waals surface area (Å²) in [6.07, 6.45) is 0. The van der Waals surface area contributed by atoms with Gasteiger partial charge in [-0.1, -0.05) is 12.1 Å². The van der Waals surface area contributed by atoms with Crippen LogP contribution in [-0.4, -0.2) is 23.2 Å². The Bertz CT molecular complexity index is 625. The number of amides is 1. The lowest BCUT2D eigenvalue weighted by atomic mass is 10.1. The normalized spacial score (nSPS) is 10.1. The largest absolute Gasteiger partial charge is 0.508 e. The second-order valence-electron chi connectivity index (χ2n) is 4.24. The molecule has 0 bridgehead atoms. The van der Waals surface area contributed by atoms with Gasteiger partial charge in [0, 0.05) is 6.54 Å². The summed E-state index contributed by atoms with van der Waals surface area (Å²) in [6.45, 7) is 0.254. The van der Waals surface area contributed by atoms with E-state index < -0.39 is 5.91 Å². The van der Waals surface area contributed by atoms with E-state index >= 15 is 0 Å². The topological polar surface area (TPSA) is 78.8 Å². The first-order valence-corrected chi connectivity index (χ1v) is 6.03. The predicted molar refractivity (Wildman–Crippen MR) is 73.9 cm³/mol. The first-order valence-electron chi connectivity index (χ1n) is 6.03. The van der Waals surface area contributed by atoms with E-state index in [4.69, 9.17) is 4.74 Å². The molecule has 5 nitrogen and oxygen atoms in total. The molecule has 3 N–H and O–H groups in total. The third-order valence-electron chi connectivity index (χ3n) is 2.81. The van der Waals surface area contributed by atoms with Gasteiger partial charge in [-0.2, -0.15) is 0 Å². The summed E-state index contributed by atoms with van der Waals surface area (Å²) in [5, 5.41) is 21.7. The number of rotatable bonds is 4. The van der Waals surface area contributed by atoms with Crippen molar-refractivity contribution in [3.8, 4) is 17.2 Å². The zero-order valence-corrected chi connectivity index (χ0v) is 11.0. The Hall–Kier alpha value is -2.69. The number of hydrogen-bond acceptors (Lipinski definition) is 4. The smallest absolute Gasteiger partial charge is 0.255 e. The van der Waals surface area contributed by atoms with Gasteiger partial charge in [-0.25, -0.2) is 0 Å². The Balaban J connectivity index is 2.08. The molecule has 0 aromatic heterocycles. The first kappa shape index (κ1) is 13.7. The lowest BCUT2D eigenvalue weighted by Gasteiger charge is -2.08. The number of methoxy groups -OCH3 is 1. The van der Waals surface area contributed by atoms with Crippen LogP contribution in [0.5, 0.6) is 17.2 Å². The van der Waals surface area contributed by atoms with Crippen molar-refractivity contribution in [2.24, 2.45) is 0 Å². The number of phenolic OH excluding ortho intramolecular Hbond substituents is 2. The van der Waals surface area contributed by atoms with Crippen molar-refractivity contribution in [3.05, 3.63) is 53.6 Å². The molecular formula is C15H15NO4. The average molecular weight is 273 g/mol. The van der Waals surface area contributed by atoms with E-state index in [1.165, 1.54) is 19.2 Å². The van der Waals surface area contributed by atoms with Crippen LogP contribution < -0.4 is 10.1 Å². The summed E-state index contributed by atoms with van der Waals surface area (Å²) < 4.78 is 5.01. The number of phenols is 2. The highest BCUT2D eigenvalue weighted by Crippen LogP contribution is 2.22. The first-order chi connectivity index (χ1) is 9.60. The Morgan fingerprint density at radius 3 is 2.70 bits per heavy atom. The maximum absolute atomic E-state index is 12.0. The van der Waals surface area contributed by atoms with Crippen molar-refractivity contribution in [2.45, 2.75) is 6.54 Å². The molecule has 0 radical (unpaired) electrons. The van der Waals surface area contributed by atoms with Crippen molar-refractivity contribution in [2.75, 3.05) is 7.11 Å². The van der Waals surface area contributed by atoms with Crippen LogP contribution in [0.4, 0.5) is 0 Å². The molecule has 2 aromatic rings. The number of nitrogens with one attached hydrogen (secondary N) is 1. The van der Waals surface area contributed by atoms with Crippen LogP contribution >= 0.6 is 0 Å². The van der Waals surface area contributed by atoms with Crippen LogP contribution in [0, 0.1) is 0 Å². The fourth-order valence-electron chi connectivity index (χ4n) is 1.77. The summed E-state index contributed by atoms with van der Waals surface area (Å²) in [6, 6.07) is 11.0. The molecule has 2 aromatic carbocycles. The summed E-state index contributed by atoms with van der Waals surface area (Å²) in [5.41, 5.74) is 0.908. The van der Waals surface area contributed by atoms with Gasteiger partial charge in [-0.05, 0) is 35.9 Å². The van der Waals surface area contributed by atoms with Crippen LogP contribution in [0.1, 0.15) is 15.9 Å². The predicted octanol–water partition coefficient (Wildman–Crippen LogP) is 2.04. The van der Waals surface area contributed by atoms with Gasteiger partial charge in [-0.3, -0.25) is 4.79 Å². The highest BCUT2D eigenvalue weighted by molar-refractivity contribution is 5.97. The highest BCUT2D eigenvalue weighted by atomic mass is 16.5. The van der Waals surface area contributed by atoms with Crippen LogP contribution in [0.25, 0.3) is 0 Å². The fourth-order valence-corrected chi connectivity index (χ4v) is 1.77. The van der Waals surface area contributed by atoms with Crippen molar-refractivity contribution >= 4 is 5.91 Å². The molecule has 0 fully saturated rings. The number of ether oxygens (including phenoxy) is 1. The van der Waals surface area contributed by atoms with Crippen LogP contribution in [-0.2, 0) is 6.54 Å². The molecule has 5 heteroatoms. The number of carbonyl (C=O) groups excluding carboxylic acids is 1. The molecule has 0 atom stereocenters. The van der Waals surface area contributed by atoms with E-state index in [1.54, 1.807) is 30.3 Å². The fraction of sp³-hybridized carbons (Fsp3) is 0.133. The van der Waals surface area contributed by atoms with E-state index in [9.17, 15) is 15.0 Å². The van der Waals surface area contributed by atoms with Crippen LogP contribution in [0.3, 0.4) is 0 Å². The van der Waals surface area contributed by atoms with Gasteiger partial charge in [0.05, 0.1) is 12.7 Å². The third-order valence-corrected chi connectivity index (χ3v) is 2.81. The molecular weight excluding hydrogens is 258 g/mol. The Kier molecular flexibility index (Phi) is 4.10. The molecule has 0 aliphatic carbocycles. The molecule has 2 rings (SSSR count). The minimum Gasteiger partial charge on any atom is -0.508 e. The molecule has 0 heterocycles. The second-order valence-corrected chi connectivity index (χ2v) is 4.24. The van der Waals surface area contributed by atoms with E-state index in [-0.39, 0.29) is 23.6 Å². The molecule has 0 saturated carbocycles. The van der Waals surface area contributed by atoms with Crippen molar-refractivity contribution in [3.63, 3.8) is 0 Å². The minimum absolute atomic E-state index is 0.112. The standard InChI is InChI=1S/C15H15NO4/c1-20-12-5-6-14(18)13(8-12)15(19)16-9-10-3-2-4-11(17)7-10/h2-8,17-18H,9H2,1H3,(H,16,19). The van der Waals surface area contributed by atoms with Gasteiger partial charge < -0.3 is 20.3 Å². The van der Waals surface area contributed by atoms with E-state index in [1.807, 2.05) is 0 Å². The number of aromatic hydroxyl groups is 2. The SMILES string of the molecule is COc1ccc(O)c(C(=O)NCc2cccc(O)c2)c1. The Labute approximate surface area is 116 Å². The average Bonchev–Trinajstić information content (AvgIpc) is 2.45. The van der Waals surface area contributed by atoms with E-state index in [0.29, 0.717) is 5.75 Å². The maximum atomic E-state index is 12.0. The van der Waals surface area contributed by atoms with Gasteiger partial charge in [0.2, 0.25) is 0 Å². The molecule has 104 valence electrons. The zero-order valence-electron chi connectivity index (χ0n) is 11.0. The van der Waals surface area contributed by atoms with Gasteiger partial charge in [-0.15, -0.1) is 0 Å². The minimum atomic E-state index is -0.412. The lowest BCUT2D eigenvalue weighted by Crippen LogP contribution is -2.22. The second kappa shape index (κ2) is 5.97. The highest BCUT2D eigenvalue weighted by Gasteiger charge is 2.12. The third kappa shape index (κ3) is 3.20. The molecule has 1 amide bonds. The van der Waals surface area contributed by atoms with E-state index in [2.05, 4.69) is 5.32 Å². The maximum Gasteiger partial charge on any atom is 0.255 e. The molecule has 0 saturated heterocycles. The molecule has 20 heavy (non-hydrogen) atoms. The number of carbonyl (C=O) groups is 1. The van der Waals surface area contributed by atoms with Gasteiger partial charge in [0.25, 0.3) is 5.91 Å². The molecule has 0 aliphatic rings. The zero-order chi connectivity index (χ0) is 14.5. The van der Waals surface area contributed by atoms with E-state index in [0.717, 1.165) is 5.56 Å². The van der Waals surface area contributed by atoms with Crippen molar-refractivity contribution in [1.82, 2.24) is 5.32 Å². The summed E-state index contributed by atoms with van der Waals surface area (Å²) in [4.78, 5) is 12.0. The Morgan fingerprint density at radius 2 is 2.00 bits per heavy atom. The lowest BCUT2D eigenvalue weighted by molar-refractivity contribution is 0.0948. The van der Waals surface area contributed by atoms with Crippen molar-refractivity contribution < 1.29 is 19.7 Å². The molecule has 0 unspecified atom stereocenters. The monoisotopic (exact) mass is 273 g/mol. The number of hydrogen-bond donors (Lipinski definition) is 3. The van der Waals surface area contributed by atoms with Gasteiger partial charge in [0.1, 0.15) is 17.2 Å². The number of benzene rings is 2.